The zero-order chi connectivity index (χ0) is 11.8. The van der Waals surface area contributed by atoms with E-state index in [1.54, 1.807) is 6.07 Å². The molecule has 2 N–H and O–H groups in total. The van der Waals surface area contributed by atoms with Crippen molar-refractivity contribution in [1.82, 2.24) is 15.8 Å². The Balaban J connectivity index is 1.75. The van der Waals surface area contributed by atoms with E-state index in [0.717, 1.165) is 13.0 Å². The van der Waals surface area contributed by atoms with Gasteiger partial charge in [0.1, 0.15) is 10.7 Å². The van der Waals surface area contributed by atoms with Gasteiger partial charge in [-0.3, -0.25) is 15.4 Å². The van der Waals surface area contributed by atoms with Crippen LogP contribution in [0.2, 0.25) is 0 Å². The number of nitrogens with zero attached hydrogens (tertiary/aromatic N) is 2. The molecule has 3 rings (SSSR count). The van der Waals surface area contributed by atoms with Crippen LogP contribution in [0, 0.1) is 10.1 Å². The fourth-order valence-electron chi connectivity index (χ4n) is 2.17. The van der Waals surface area contributed by atoms with Crippen LogP contribution in [0.1, 0.15) is 18.2 Å². The predicted molar refractivity (Wildman–Crippen MR) is 58.6 cm³/mol. The van der Waals surface area contributed by atoms with Crippen molar-refractivity contribution in [3.8, 4) is 0 Å². The van der Waals surface area contributed by atoms with Crippen molar-refractivity contribution in [2.75, 3.05) is 6.54 Å². The van der Waals surface area contributed by atoms with Gasteiger partial charge < -0.3 is 9.84 Å². The van der Waals surface area contributed by atoms with Crippen LogP contribution in [0.3, 0.4) is 0 Å². The molecule has 0 amide bonds. The maximum absolute atomic E-state index is 10.5. The molecule has 1 saturated heterocycles. The van der Waals surface area contributed by atoms with Crippen LogP contribution in [-0.2, 0) is 0 Å². The first-order valence-electron chi connectivity index (χ1n) is 5.44. The third kappa shape index (κ3) is 1.79. The molecule has 2 atom stereocenters. The van der Waals surface area contributed by atoms with E-state index in [4.69, 9.17) is 4.42 Å². The monoisotopic (exact) mass is 236 g/mol. The van der Waals surface area contributed by atoms with Gasteiger partial charge in [-0.25, -0.2) is 5.01 Å². The highest BCUT2D eigenvalue weighted by atomic mass is 16.6. The highest BCUT2D eigenvalue weighted by Crippen LogP contribution is 2.27. The summed E-state index contributed by atoms with van der Waals surface area (Å²) in [5.74, 6) is 0.418. The van der Waals surface area contributed by atoms with Crippen molar-refractivity contribution >= 4 is 5.88 Å². The van der Waals surface area contributed by atoms with Crippen molar-refractivity contribution in [2.24, 2.45) is 0 Å². The summed E-state index contributed by atoms with van der Waals surface area (Å²) in [7, 11) is 0. The van der Waals surface area contributed by atoms with Crippen molar-refractivity contribution in [3.05, 3.63) is 40.3 Å². The molecule has 90 valence electrons. The second-order valence-electron chi connectivity index (χ2n) is 4.07. The molecule has 2 aliphatic rings. The number of hydrogen-bond acceptors (Lipinski definition) is 6. The summed E-state index contributed by atoms with van der Waals surface area (Å²) in [6, 6.07) is 3.08. The van der Waals surface area contributed by atoms with E-state index in [1.165, 1.54) is 6.07 Å². The molecule has 7 nitrogen and oxygen atoms in total. The lowest BCUT2D eigenvalue weighted by Crippen LogP contribution is -2.52. The Labute approximate surface area is 97.2 Å². The minimum atomic E-state index is -0.518. The Morgan fingerprint density at radius 2 is 2.41 bits per heavy atom. The van der Waals surface area contributed by atoms with E-state index in [2.05, 4.69) is 15.8 Å². The summed E-state index contributed by atoms with van der Waals surface area (Å²) in [5, 5.41) is 15.9. The van der Waals surface area contributed by atoms with Gasteiger partial charge in [-0.1, -0.05) is 0 Å². The molecule has 0 aliphatic carbocycles. The number of hydrogen-bond donors (Lipinski definition) is 2. The summed E-state index contributed by atoms with van der Waals surface area (Å²) < 4.78 is 5.21. The Bertz CT molecular complexity index is 470. The molecule has 7 heteroatoms. The zero-order valence-corrected chi connectivity index (χ0v) is 9.00. The van der Waals surface area contributed by atoms with Crippen molar-refractivity contribution in [1.29, 1.82) is 0 Å². The number of hydrazine groups is 1. The molecule has 2 unspecified atom stereocenters. The number of furan rings is 1. The van der Waals surface area contributed by atoms with Gasteiger partial charge in [-0.05, 0) is 18.6 Å². The predicted octanol–water partition coefficient (Wildman–Crippen LogP) is 0.882. The molecule has 17 heavy (non-hydrogen) atoms. The lowest BCUT2D eigenvalue weighted by Gasteiger charge is -2.34. The third-order valence-corrected chi connectivity index (χ3v) is 3.02. The highest BCUT2D eigenvalue weighted by Gasteiger charge is 2.31. The summed E-state index contributed by atoms with van der Waals surface area (Å²) in [4.78, 5) is 10.0. The third-order valence-electron chi connectivity index (χ3n) is 3.02. The molecule has 0 saturated carbocycles. The van der Waals surface area contributed by atoms with Crippen molar-refractivity contribution in [3.63, 3.8) is 0 Å². The van der Waals surface area contributed by atoms with Crippen LogP contribution in [-0.4, -0.2) is 22.6 Å². The second kappa shape index (κ2) is 3.86. The average molecular weight is 236 g/mol. The van der Waals surface area contributed by atoms with Gasteiger partial charge in [0.25, 0.3) is 0 Å². The number of fused-ring (bicyclic) bond motifs is 1. The fraction of sp³-hybridized carbons (Fsp3) is 0.400. The van der Waals surface area contributed by atoms with Crippen LogP contribution in [0.15, 0.2) is 28.8 Å². The largest absolute Gasteiger partial charge is 0.433 e. The standard InChI is InChI=1S/C10H12N4O3/c15-14(16)10-2-1-8(17-10)7-4-6-13-9(12-7)3-5-11-13/h1-3,5,7,9,11-12H,4,6H2. The Morgan fingerprint density at radius 1 is 1.53 bits per heavy atom. The molecular weight excluding hydrogens is 224 g/mol. The van der Waals surface area contributed by atoms with Gasteiger partial charge in [0.05, 0.1) is 18.3 Å². The lowest BCUT2D eigenvalue weighted by molar-refractivity contribution is -0.402. The first-order chi connectivity index (χ1) is 8.24. The normalized spacial score (nSPS) is 27.8. The van der Waals surface area contributed by atoms with E-state index in [0.29, 0.717) is 5.76 Å². The zero-order valence-electron chi connectivity index (χ0n) is 9.00. The van der Waals surface area contributed by atoms with E-state index in [9.17, 15) is 10.1 Å². The lowest BCUT2D eigenvalue weighted by atomic mass is 10.1. The van der Waals surface area contributed by atoms with Gasteiger partial charge in [-0.15, -0.1) is 0 Å². The SMILES string of the molecule is O=[N+]([O-])c1ccc(C2CCN3NC=CC3N2)o1. The topological polar surface area (TPSA) is 83.6 Å². The van der Waals surface area contributed by atoms with E-state index in [-0.39, 0.29) is 18.1 Å². The van der Waals surface area contributed by atoms with Gasteiger partial charge in [-0.2, -0.15) is 0 Å². The fourth-order valence-corrected chi connectivity index (χ4v) is 2.17. The molecule has 1 aromatic rings. The minimum absolute atomic E-state index is 0.0227. The van der Waals surface area contributed by atoms with Gasteiger partial charge in [0, 0.05) is 12.7 Å². The van der Waals surface area contributed by atoms with Crippen LogP contribution in [0.25, 0.3) is 0 Å². The van der Waals surface area contributed by atoms with Gasteiger partial charge >= 0.3 is 5.88 Å². The summed E-state index contributed by atoms with van der Waals surface area (Å²) in [5.41, 5.74) is 3.11. The van der Waals surface area contributed by atoms with Crippen LogP contribution < -0.4 is 10.7 Å². The summed E-state index contributed by atoms with van der Waals surface area (Å²) in [6.45, 7) is 0.865. The quantitative estimate of drug-likeness (QED) is 0.586. The average Bonchev–Trinajstić information content (AvgIpc) is 2.97. The number of nitrogens with one attached hydrogen (secondary N) is 2. The van der Waals surface area contributed by atoms with Crippen molar-refractivity contribution in [2.45, 2.75) is 18.6 Å². The van der Waals surface area contributed by atoms with Crippen molar-refractivity contribution < 1.29 is 9.34 Å². The minimum Gasteiger partial charge on any atom is -0.404 e. The number of nitro groups is 1. The molecule has 0 spiro atoms. The van der Waals surface area contributed by atoms with Gasteiger partial charge in [0.2, 0.25) is 0 Å². The smallest absolute Gasteiger partial charge is 0.404 e. The molecular formula is C10H12N4O3. The molecule has 3 heterocycles. The van der Waals surface area contributed by atoms with Crippen LogP contribution in [0.4, 0.5) is 5.88 Å². The Hall–Kier alpha value is -1.86. The molecule has 1 fully saturated rings. The van der Waals surface area contributed by atoms with E-state index < -0.39 is 4.92 Å². The van der Waals surface area contributed by atoms with Crippen LogP contribution in [0.5, 0.6) is 0 Å². The van der Waals surface area contributed by atoms with Gasteiger partial charge in [0.15, 0.2) is 0 Å². The Kier molecular flexibility index (Phi) is 2.34. The summed E-state index contributed by atoms with van der Waals surface area (Å²) in [6.07, 6.45) is 4.85. The van der Waals surface area contributed by atoms with Crippen LogP contribution >= 0.6 is 0 Å². The Morgan fingerprint density at radius 3 is 3.18 bits per heavy atom. The second-order valence-corrected chi connectivity index (χ2v) is 4.07. The number of rotatable bonds is 2. The first-order valence-corrected chi connectivity index (χ1v) is 5.44. The van der Waals surface area contributed by atoms with E-state index in [1.807, 2.05) is 12.3 Å². The summed E-state index contributed by atoms with van der Waals surface area (Å²) >= 11 is 0. The molecule has 0 aromatic carbocycles. The maximum atomic E-state index is 10.5. The molecule has 2 aliphatic heterocycles. The first kappa shape index (κ1) is 10.3. The highest BCUT2D eigenvalue weighted by molar-refractivity contribution is 5.21. The van der Waals surface area contributed by atoms with E-state index >= 15 is 0 Å². The molecule has 0 radical (unpaired) electrons. The maximum Gasteiger partial charge on any atom is 0.433 e. The molecule has 1 aromatic heterocycles. The molecule has 0 bridgehead atoms.